The SMILES string of the molecule is Cc1cc(C)c(-n2nc(C)c3c(Oc4ccccc4)cc(C)nc32)c(C)c1. The zero-order valence-corrected chi connectivity index (χ0v) is 16.4. The average Bonchev–Trinajstić information content (AvgIpc) is 2.91. The van der Waals surface area contributed by atoms with E-state index < -0.39 is 0 Å². The standard InChI is InChI=1S/C23H23N3O/c1-14-11-15(2)22(16(3)12-14)26-23-21(18(5)25-26)20(13-17(4)24-23)27-19-9-7-6-8-10-19/h6-13H,1-5H3. The molecular weight excluding hydrogens is 334 g/mol. The number of benzene rings is 2. The predicted molar refractivity (Wildman–Crippen MR) is 109 cm³/mol. The van der Waals surface area contributed by atoms with E-state index in [1.807, 2.05) is 54.9 Å². The molecule has 0 unspecified atom stereocenters. The third-order valence-corrected chi connectivity index (χ3v) is 4.72. The van der Waals surface area contributed by atoms with Gasteiger partial charge in [-0.3, -0.25) is 0 Å². The van der Waals surface area contributed by atoms with Gasteiger partial charge in [0.25, 0.3) is 0 Å². The van der Waals surface area contributed by atoms with Crippen LogP contribution in [0.2, 0.25) is 0 Å². The number of aryl methyl sites for hydroxylation is 5. The summed E-state index contributed by atoms with van der Waals surface area (Å²) in [6, 6.07) is 16.2. The third-order valence-electron chi connectivity index (χ3n) is 4.72. The van der Waals surface area contributed by atoms with Crippen LogP contribution in [0.25, 0.3) is 16.7 Å². The normalized spacial score (nSPS) is 11.1. The number of aromatic nitrogens is 3. The number of rotatable bonds is 3. The van der Waals surface area contributed by atoms with Crippen molar-refractivity contribution in [2.45, 2.75) is 34.6 Å². The van der Waals surface area contributed by atoms with Gasteiger partial charge in [0.05, 0.1) is 16.8 Å². The summed E-state index contributed by atoms with van der Waals surface area (Å²) in [7, 11) is 0. The number of nitrogens with zero attached hydrogens (tertiary/aromatic N) is 3. The van der Waals surface area contributed by atoms with E-state index in [0.29, 0.717) is 0 Å². The molecule has 4 heteroatoms. The van der Waals surface area contributed by atoms with E-state index in [2.05, 4.69) is 32.9 Å². The zero-order valence-electron chi connectivity index (χ0n) is 16.4. The van der Waals surface area contributed by atoms with Crippen molar-refractivity contribution in [3.8, 4) is 17.2 Å². The number of hydrogen-bond acceptors (Lipinski definition) is 3. The van der Waals surface area contributed by atoms with E-state index in [1.54, 1.807) is 0 Å². The maximum Gasteiger partial charge on any atom is 0.167 e. The van der Waals surface area contributed by atoms with Crippen molar-refractivity contribution < 1.29 is 4.74 Å². The van der Waals surface area contributed by atoms with Gasteiger partial charge in [0.2, 0.25) is 0 Å². The van der Waals surface area contributed by atoms with Crippen LogP contribution in [0, 0.1) is 34.6 Å². The minimum absolute atomic E-state index is 0.787. The van der Waals surface area contributed by atoms with Crippen molar-refractivity contribution in [1.82, 2.24) is 14.8 Å². The highest BCUT2D eigenvalue weighted by Gasteiger charge is 2.19. The molecule has 2 aromatic carbocycles. The first-order valence-corrected chi connectivity index (χ1v) is 9.12. The van der Waals surface area contributed by atoms with Gasteiger partial charge >= 0.3 is 0 Å². The molecule has 27 heavy (non-hydrogen) atoms. The van der Waals surface area contributed by atoms with Crippen LogP contribution in [0.15, 0.2) is 48.5 Å². The number of hydrogen-bond donors (Lipinski definition) is 0. The molecule has 0 N–H and O–H groups in total. The van der Waals surface area contributed by atoms with Crippen LogP contribution in [0.5, 0.6) is 11.5 Å². The van der Waals surface area contributed by atoms with Gasteiger partial charge in [0.15, 0.2) is 5.65 Å². The smallest absolute Gasteiger partial charge is 0.167 e. The van der Waals surface area contributed by atoms with Crippen LogP contribution in [-0.4, -0.2) is 14.8 Å². The van der Waals surface area contributed by atoms with Crippen molar-refractivity contribution in [1.29, 1.82) is 0 Å². The lowest BCUT2D eigenvalue weighted by Crippen LogP contribution is -2.04. The number of ether oxygens (including phenoxy) is 1. The molecule has 4 nitrogen and oxygen atoms in total. The van der Waals surface area contributed by atoms with Crippen LogP contribution >= 0.6 is 0 Å². The Hall–Kier alpha value is -3.14. The monoisotopic (exact) mass is 357 g/mol. The lowest BCUT2D eigenvalue weighted by molar-refractivity contribution is 0.487. The molecule has 0 fully saturated rings. The molecular formula is C23H23N3O. The van der Waals surface area contributed by atoms with E-state index in [-0.39, 0.29) is 0 Å². The molecule has 2 aromatic heterocycles. The summed E-state index contributed by atoms with van der Waals surface area (Å²) in [4.78, 5) is 4.80. The van der Waals surface area contributed by atoms with Gasteiger partial charge in [-0.25, -0.2) is 9.67 Å². The Morgan fingerprint density at radius 2 is 1.52 bits per heavy atom. The van der Waals surface area contributed by atoms with E-state index in [0.717, 1.165) is 39.6 Å². The minimum Gasteiger partial charge on any atom is -0.456 e. The van der Waals surface area contributed by atoms with Crippen molar-refractivity contribution in [2.75, 3.05) is 0 Å². The van der Waals surface area contributed by atoms with Crippen LogP contribution in [-0.2, 0) is 0 Å². The molecule has 0 spiro atoms. The average molecular weight is 357 g/mol. The van der Waals surface area contributed by atoms with Gasteiger partial charge in [0.1, 0.15) is 11.5 Å². The molecule has 2 heterocycles. The Balaban J connectivity index is 1.96. The Bertz CT molecular complexity index is 1120. The van der Waals surface area contributed by atoms with Crippen molar-refractivity contribution in [3.63, 3.8) is 0 Å². The van der Waals surface area contributed by atoms with Gasteiger partial charge in [-0.15, -0.1) is 0 Å². The predicted octanol–water partition coefficient (Wildman–Crippen LogP) is 5.75. The van der Waals surface area contributed by atoms with Crippen molar-refractivity contribution in [2.24, 2.45) is 0 Å². The molecule has 4 rings (SSSR count). The summed E-state index contributed by atoms with van der Waals surface area (Å²) in [5, 5.41) is 5.78. The number of para-hydroxylation sites is 1. The first kappa shape index (κ1) is 17.3. The molecule has 0 bridgehead atoms. The third kappa shape index (κ3) is 3.08. The quantitative estimate of drug-likeness (QED) is 0.468. The maximum absolute atomic E-state index is 6.19. The second-order valence-electron chi connectivity index (χ2n) is 7.12. The molecule has 0 amide bonds. The molecule has 0 radical (unpaired) electrons. The molecule has 0 saturated heterocycles. The second kappa shape index (κ2) is 6.54. The lowest BCUT2D eigenvalue weighted by atomic mass is 10.1. The minimum atomic E-state index is 0.787. The topological polar surface area (TPSA) is 39.9 Å². The van der Waals surface area contributed by atoms with Gasteiger partial charge in [-0.2, -0.15) is 5.10 Å². The molecule has 0 saturated carbocycles. The van der Waals surface area contributed by atoms with Gasteiger partial charge in [-0.1, -0.05) is 35.9 Å². The van der Waals surface area contributed by atoms with Gasteiger partial charge in [-0.05, 0) is 57.9 Å². The first-order chi connectivity index (χ1) is 12.9. The summed E-state index contributed by atoms with van der Waals surface area (Å²) in [5.41, 5.74) is 7.34. The summed E-state index contributed by atoms with van der Waals surface area (Å²) in [5.74, 6) is 1.59. The highest BCUT2D eigenvalue weighted by molar-refractivity contribution is 5.87. The summed E-state index contributed by atoms with van der Waals surface area (Å²) in [6.45, 7) is 10.3. The highest BCUT2D eigenvalue weighted by Crippen LogP contribution is 2.34. The number of pyridine rings is 1. The van der Waals surface area contributed by atoms with Gasteiger partial charge in [0, 0.05) is 11.8 Å². The Labute approximate surface area is 159 Å². The Kier molecular flexibility index (Phi) is 4.19. The van der Waals surface area contributed by atoms with Crippen LogP contribution < -0.4 is 4.74 Å². The molecule has 0 aliphatic carbocycles. The fraction of sp³-hybridized carbons (Fsp3) is 0.217. The fourth-order valence-electron chi connectivity index (χ4n) is 3.73. The first-order valence-electron chi connectivity index (χ1n) is 9.12. The molecule has 0 atom stereocenters. The van der Waals surface area contributed by atoms with E-state index in [4.69, 9.17) is 14.8 Å². The molecule has 136 valence electrons. The maximum atomic E-state index is 6.19. The highest BCUT2D eigenvalue weighted by atomic mass is 16.5. The Morgan fingerprint density at radius 3 is 2.19 bits per heavy atom. The summed E-state index contributed by atoms with van der Waals surface area (Å²) < 4.78 is 8.15. The summed E-state index contributed by atoms with van der Waals surface area (Å²) >= 11 is 0. The van der Waals surface area contributed by atoms with Crippen LogP contribution in [0.3, 0.4) is 0 Å². The fourth-order valence-corrected chi connectivity index (χ4v) is 3.73. The van der Waals surface area contributed by atoms with Gasteiger partial charge < -0.3 is 4.74 Å². The second-order valence-corrected chi connectivity index (χ2v) is 7.12. The van der Waals surface area contributed by atoms with Crippen molar-refractivity contribution >= 4 is 11.0 Å². The van der Waals surface area contributed by atoms with E-state index in [1.165, 1.54) is 16.7 Å². The Morgan fingerprint density at radius 1 is 0.852 bits per heavy atom. The molecule has 4 aromatic rings. The molecule has 0 aliphatic rings. The lowest BCUT2D eigenvalue weighted by Gasteiger charge is -2.13. The molecule has 0 aliphatic heterocycles. The number of fused-ring (bicyclic) bond motifs is 1. The van der Waals surface area contributed by atoms with Crippen molar-refractivity contribution in [3.05, 3.63) is 76.6 Å². The van der Waals surface area contributed by atoms with Crippen LogP contribution in [0.1, 0.15) is 28.1 Å². The summed E-state index contributed by atoms with van der Waals surface area (Å²) in [6.07, 6.45) is 0. The van der Waals surface area contributed by atoms with E-state index >= 15 is 0 Å². The van der Waals surface area contributed by atoms with Crippen LogP contribution in [0.4, 0.5) is 0 Å². The van der Waals surface area contributed by atoms with E-state index in [9.17, 15) is 0 Å². The zero-order chi connectivity index (χ0) is 19.1. The largest absolute Gasteiger partial charge is 0.456 e.